The van der Waals surface area contributed by atoms with Crippen molar-refractivity contribution in [2.75, 3.05) is 14.7 Å². The third kappa shape index (κ3) is 9.44. The van der Waals surface area contributed by atoms with Gasteiger partial charge in [-0.25, -0.2) is 0 Å². The number of hydrogen-bond acceptors (Lipinski definition) is 3. The summed E-state index contributed by atoms with van der Waals surface area (Å²) in [6, 6.07) is 166. The minimum absolute atomic E-state index is 0.639. The molecule has 0 atom stereocenters. The number of anilines is 9. The molecular weight excluding hydrogens is 1330 g/mol. The Morgan fingerprint density at radius 3 is 0.582 bits per heavy atom. The summed E-state index contributed by atoms with van der Waals surface area (Å²) in [5.74, 6) is 0. The van der Waals surface area contributed by atoms with E-state index in [9.17, 15) is 0 Å². The predicted octanol–water partition coefficient (Wildman–Crippen LogP) is 27.5. The maximum atomic E-state index is 2.57. The zero-order chi connectivity index (χ0) is 72.7. The summed E-state index contributed by atoms with van der Waals surface area (Å²) in [5, 5.41) is 4.57. The van der Waals surface area contributed by atoms with Crippen LogP contribution in [0.4, 0.5) is 51.2 Å². The van der Waals surface area contributed by atoms with E-state index < -0.39 is 16.2 Å². The van der Waals surface area contributed by atoms with Crippen LogP contribution in [0.1, 0.15) is 66.8 Å². The van der Waals surface area contributed by atoms with Gasteiger partial charge >= 0.3 is 0 Å². The molecule has 0 saturated carbocycles. The van der Waals surface area contributed by atoms with E-state index in [4.69, 9.17) is 0 Å². The summed E-state index contributed by atoms with van der Waals surface area (Å²) >= 11 is 0. The molecule has 110 heavy (non-hydrogen) atoms. The average molecular weight is 1400 g/mol. The van der Waals surface area contributed by atoms with Crippen LogP contribution >= 0.6 is 0 Å². The quantitative estimate of drug-likeness (QED) is 0.113. The van der Waals surface area contributed by atoms with Gasteiger partial charge in [0.2, 0.25) is 0 Å². The van der Waals surface area contributed by atoms with Crippen LogP contribution < -0.4 is 14.7 Å². The van der Waals surface area contributed by atoms with E-state index >= 15 is 0 Å². The molecule has 3 nitrogen and oxygen atoms in total. The smallest absolute Gasteiger partial charge is 0.0742 e. The van der Waals surface area contributed by atoms with Gasteiger partial charge in [-0.2, -0.15) is 0 Å². The van der Waals surface area contributed by atoms with Crippen LogP contribution in [0, 0.1) is 0 Å². The normalized spacial score (nSPS) is 14.0. The van der Waals surface area contributed by atoms with E-state index in [-0.39, 0.29) is 0 Å². The summed E-state index contributed by atoms with van der Waals surface area (Å²) in [6.07, 6.45) is 0. The van der Waals surface area contributed by atoms with E-state index in [0.717, 1.165) is 106 Å². The number of hydrogen-bond donors (Lipinski definition) is 0. The van der Waals surface area contributed by atoms with E-state index in [2.05, 4.69) is 458 Å². The minimum atomic E-state index is -0.655. The van der Waals surface area contributed by atoms with Crippen LogP contribution in [0.2, 0.25) is 0 Å². The van der Waals surface area contributed by atoms with Crippen LogP contribution in [-0.4, -0.2) is 0 Å². The number of benzene rings is 18. The second-order valence-corrected chi connectivity index (χ2v) is 29.2. The molecule has 0 bridgehead atoms. The van der Waals surface area contributed by atoms with Gasteiger partial charge in [0.25, 0.3) is 0 Å². The molecule has 18 aromatic carbocycles. The van der Waals surface area contributed by atoms with E-state index in [1.807, 2.05) is 0 Å². The highest BCUT2D eigenvalue weighted by Gasteiger charge is 2.50. The zero-order valence-electron chi connectivity index (χ0n) is 60.5. The summed E-state index contributed by atoms with van der Waals surface area (Å²) < 4.78 is 0. The highest BCUT2D eigenvalue weighted by Crippen LogP contribution is 2.64. The van der Waals surface area contributed by atoms with Crippen LogP contribution in [0.5, 0.6) is 0 Å². The van der Waals surface area contributed by atoms with Gasteiger partial charge in [0.15, 0.2) is 0 Å². The van der Waals surface area contributed by atoms with Crippen molar-refractivity contribution in [2.45, 2.75) is 16.2 Å². The third-order valence-electron chi connectivity index (χ3n) is 23.9. The van der Waals surface area contributed by atoms with Gasteiger partial charge < -0.3 is 14.7 Å². The number of nitrogens with zero attached hydrogens (tertiary/aromatic N) is 3. The molecule has 0 aliphatic carbocycles. The van der Waals surface area contributed by atoms with Crippen molar-refractivity contribution in [3.05, 3.63) is 510 Å². The van der Waals surface area contributed by atoms with Crippen molar-refractivity contribution < 1.29 is 0 Å². The SMILES string of the molecule is c1ccc(C2(c3ccccc3)c3ccccc3N(c3ccccc3-c3cccc4c(-c5ccccc5N5c6ccccc6C(c6ccccc6)(c6ccccc6)c6ccccc65)c5cccc(-c6ccccc6N6c7ccccc7C(c7ccccc7)(c7ccccc7)c7ccccc76)c5cc34)c3ccccc32)cc1. The fraction of sp³-hybridized carbons (Fsp3) is 0.0280. The first kappa shape index (κ1) is 64.3. The van der Waals surface area contributed by atoms with E-state index in [1.54, 1.807) is 0 Å². The molecule has 0 fully saturated rings. The van der Waals surface area contributed by atoms with Gasteiger partial charge in [-0.05, 0) is 166 Å². The fourth-order valence-electron chi connectivity index (χ4n) is 19.6. The predicted molar refractivity (Wildman–Crippen MR) is 457 cm³/mol. The van der Waals surface area contributed by atoms with Crippen molar-refractivity contribution >= 4 is 72.7 Å². The van der Waals surface area contributed by atoms with Crippen molar-refractivity contribution in [1.82, 2.24) is 0 Å². The average Bonchev–Trinajstić information content (AvgIpc) is 0.703. The molecule has 0 unspecified atom stereocenters. The summed E-state index contributed by atoms with van der Waals surface area (Å²) in [6.45, 7) is 0. The third-order valence-corrected chi connectivity index (χ3v) is 23.9. The first-order chi connectivity index (χ1) is 54.7. The van der Waals surface area contributed by atoms with Gasteiger partial charge in [0, 0.05) is 16.7 Å². The molecule has 0 N–H and O–H groups in total. The van der Waals surface area contributed by atoms with E-state index in [1.165, 1.54) is 66.8 Å². The monoisotopic (exact) mass is 1400 g/mol. The maximum absolute atomic E-state index is 2.57. The molecule has 516 valence electrons. The molecule has 3 heterocycles. The molecular formula is C107H73N3. The first-order valence-corrected chi connectivity index (χ1v) is 38.2. The minimum Gasteiger partial charge on any atom is -0.309 e. The topological polar surface area (TPSA) is 9.72 Å². The lowest BCUT2D eigenvalue weighted by molar-refractivity contribution is 0.731. The van der Waals surface area contributed by atoms with Gasteiger partial charge in [-0.3, -0.25) is 0 Å². The molecule has 0 spiro atoms. The van der Waals surface area contributed by atoms with Gasteiger partial charge in [-0.15, -0.1) is 0 Å². The molecule has 0 amide bonds. The standard InChI is InChI=1S/C107H73N3/c1-7-39-74(40-8-1)105(75-41-9-2-10-42-75)89-58-22-31-67-98(89)108(99-68-32-23-59-90(99)105)95-64-28-19-51-82(95)80-54-37-56-84-87(80)73-88-81(83-52-20-29-65-96(83)109-100-69-33-24-60-91(100)106(76-43-11-3-12-44-76,77-45-13-4-14-46-77)92-61-25-34-70-101(92)109)55-38-57-85(88)104(84)86-53-21-30-66-97(86)110-102-71-35-26-62-93(102)107(78-47-15-5-16-48-78,79-49-17-6-18-50-79)94-63-27-36-72-103(94)110/h1-73H. The summed E-state index contributed by atoms with van der Waals surface area (Å²) in [5.41, 5.74) is 29.4. The van der Waals surface area contributed by atoms with Gasteiger partial charge in [0.1, 0.15) is 0 Å². The largest absolute Gasteiger partial charge is 0.309 e. The Balaban J connectivity index is 0.836. The first-order valence-electron chi connectivity index (χ1n) is 38.2. The lowest BCUT2D eigenvalue weighted by Gasteiger charge is -2.47. The molecule has 21 rings (SSSR count). The Bertz CT molecular complexity index is 6000. The lowest BCUT2D eigenvalue weighted by Crippen LogP contribution is -2.37. The Hall–Kier alpha value is -14.1. The number of fused-ring (bicyclic) bond motifs is 8. The molecule has 0 radical (unpaired) electrons. The summed E-state index contributed by atoms with van der Waals surface area (Å²) in [4.78, 5) is 7.67. The Morgan fingerprint density at radius 1 is 0.136 bits per heavy atom. The molecule has 3 aliphatic rings. The second-order valence-electron chi connectivity index (χ2n) is 29.2. The van der Waals surface area contributed by atoms with Crippen molar-refractivity contribution in [1.29, 1.82) is 0 Å². The van der Waals surface area contributed by atoms with Crippen molar-refractivity contribution in [3.63, 3.8) is 0 Å². The highest BCUT2D eigenvalue weighted by atomic mass is 15.2. The van der Waals surface area contributed by atoms with E-state index in [0.29, 0.717) is 0 Å². The summed E-state index contributed by atoms with van der Waals surface area (Å²) in [7, 11) is 0. The maximum Gasteiger partial charge on any atom is 0.0742 e. The van der Waals surface area contributed by atoms with Gasteiger partial charge in [-0.1, -0.05) is 382 Å². The molecule has 0 saturated heterocycles. The zero-order valence-corrected chi connectivity index (χ0v) is 60.5. The van der Waals surface area contributed by atoms with Crippen LogP contribution in [0.3, 0.4) is 0 Å². The van der Waals surface area contributed by atoms with Crippen LogP contribution in [0.25, 0.3) is 54.9 Å². The van der Waals surface area contributed by atoms with Crippen molar-refractivity contribution in [2.24, 2.45) is 0 Å². The molecule has 18 aromatic rings. The molecule has 3 heteroatoms. The molecule has 0 aromatic heterocycles. The highest BCUT2D eigenvalue weighted by molar-refractivity contribution is 6.22. The van der Waals surface area contributed by atoms with Crippen LogP contribution in [0.15, 0.2) is 443 Å². The fourth-order valence-corrected chi connectivity index (χ4v) is 19.6. The Kier molecular flexibility index (Phi) is 15.3. The van der Waals surface area contributed by atoms with Crippen LogP contribution in [-0.2, 0) is 16.2 Å². The Morgan fingerprint density at radius 2 is 0.327 bits per heavy atom. The lowest BCUT2D eigenvalue weighted by atomic mass is 9.62. The number of para-hydroxylation sites is 9. The second kappa shape index (κ2) is 26.1. The Labute approximate surface area is 642 Å². The van der Waals surface area contributed by atoms with Crippen molar-refractivity contribution in [3.8, 4) is 33.4 Å². The number of rotatable bonds is 12. The van der Waals surface area contributed by atoms with Gasteiger partial charge in [0.05, 0.1) is 67.4 Å². The molecule has 3 aliphatic heterocycles.